The number of anilines is 1. The molecular formula is C26H36N4O5. The number of ether oxygens (including phenoxy) is 1. The molecule has 4 rings (SSSR count). The molecule has 0 aliphatic carbocycles. The molecule has 1 N–H and O–H groups in total. The van der Waals surface area contributed by atoms with Gasteiger partial charge in [-0.25, -0.2) is 4.79 Å². The van der Waals surface area contributed by atoms with Crippen molar-refractivity contribution < 1.29 is 23.9 Å². The van der Waals surface area contributed by atoms with Crippen molar-refractivity contribution in [3.8, 4) is 0 Å². The van der Waals surface area contributed by atoms with Crippen LogP contribution in [0.4, 0.5) is 10.5 Å². The molecule has 1 atom stereocenters. The van der Waals surface area contributed by atoms with Gasteiger partial charge in [-0.1, -0.05) is 12.1 Å². The lowest BCUT2D eigenvalue weighted by Gasteiger charge is -2.39. The average molecular weight is 485 g/mol. The van der Waals surface area contributed by atoms with Crippen LogP contribution in [0.1, 0.15) is 57.9 Å². The van der Waals surface area contributed by atoms with Crippen LogP contribution in [0.3, 0.4) is 0 Å². The molecule has 3 heterocycles. The van der Waals surface area contributed by atoms with Crippen molar-refractivity contribution in [3.63, 3.8) is 0 Å². The van der Waals surface area contributed by atoms with Crippen LogP contribution in [0.15, 0.2) is 24.3 Å². The Balaban J connectivity index is 1.24. The van der Waals surface area contributed by atoms with E-state index in [4.69, 9.17) is 4.74 Å². The number of hydrogen-bond acceptors (Lipinski definition) is 6. The third-order valence-electron chi connectivity index (χ3n) is 6.99. The highest BCUT2D eigenvalue weighted by atomic mass is 16.6. The first kappa shape index (κ1) is 25.0. The summed E-state index contributed by atoms with van der Waals surface area (Å²) in [5.74, 6) is -0.574. The number of imide groups is 1. The predicted octanol–water partition coefficient (Wildman–Crippen LogP) is 2.50. The maximum atomic E-state index is 13.1. The maximum Gasteiger partial charge on any atom is 0.410 e. The summed E-state index contributed by atoms with van der Waals surface area (Å²) < 4.78 is 5.45. The largest absolute Gasteiger partial charge is 0.444 e. The predicted molar refractivity (Wildman–Crippen MR) is 131 cm³/mol. The first-order valence-electron chi connectivity index (χ1n) is 12.6. The van der Waals surface area contributed by atoms with E-state index in [2.05, 4.69) is 10.2 Å². The van der Waals surface area contributed by atoms with Gasteiger partial charge in [0.1, 0.15) is 5.60 Å². The molecule has 0 bridgehead atoms. The summed E-state index contributed by atoms with van der Waals surface area (Å²) in [5.41, 5.74) is 1.47. The molecule has 1 unspecified atom stereocenters. The van der Waals surface area contributed by atoms with Gasteiger partial charge in [0, 0.05) is 57.3 Å². The Kier molecular flexibility index (Phi) is 7.33. The van der Waals surface area contributed by atoms with Crippen molar-refractivity contribution in [2.75, 3.05) is 44.2 Å². The number of piperazine rings is 1. The van der Waals surface area contributed by atoms with Crippen molar-refractivity contribution in [3.05, 3.63) is 29.8 Å². The third kappa shape index (κ3) is 6.13. The van der Waals surface area contributed by atoms with Gasteiger partial charge in [-0.2, -0.15) is 0 Å². The van der Waals surface area contributed by atoms with E-state index in [0.29, 0.717) is 51.9 Å². The Morgan fingerprint density at radius 2 is 1.51 bits per heavy atom. The fraction of sp³-hybridized carbons (Fsp3) is 0.615. The quantitative estimate of drug-likeness (QED) is 0.662. The smallest absolute Gasteiger partial charge is 0.410 e. The standard InChI is InChI=1S/C26H36N4O5/c1-26(2,3)35-25(34)30-12-10-19(11-13-30)24(33)29-16-14-28(15-17-29)20-6-4-18(5-7-20)21-8-9-22(31)27-23(21)32/h4-7,19,21H,8-17H2,1-3H3,(H,27,31,32). The van der Waals surface area contributed by atoms with Crippen molar-refractivity contribution in [2.24, 2.45) is 5.92 Å². The third-order valence-corrected chi connectivity index (χ3v) is 6.99. The van der Waals surface area contributed by atoms with Crippen LogP contribution in [0, 0.1) is 5.92 Å². The minimum absolute atomic E-state index is 0.0481. The molecule has 0 spiro atoms. The molecule has 3 saturated heterocycles. The number of hydrogen-bond donors (Lipinski definition) is 1. The molecule has 0 saturated carbocycles. The Hall–Kier alpha value is -3.10. The monoisotopic (exact) mass is 484 g/mol. The van der Waals surface area contributed by atoms with Crippen LogP contribution >= 0.6 is 0 Å². The molecule has 9 nitrogen and oxygen atoms in total. The van der Waals surface area contributed by atoms with Crippen LogP contribution in [0.2, 0.25) is 0 Å². The Labute approximate surface area is 206 Å². The van der Waals surface area contributed by atoms with Gasteiger partial charge in [0.05, 0.1) is 5.92 Å². The molecule has 3 aliphatic heterocycles. The van der Waals surface area contributed by atoms with Crippen LogP contribution in [0.5, 0.6) is 0 Å². The van der Waals surface area contributed by atoms with Crippen molar-refractivity contribution in [2.45, 2.75) is 58.0 Å². The van der Waals surface area contributed by atoms with Gasteiger partial charge >= 0.3 is 6.09 Å². The van der Waals surface area contributed by atoms with Gasteiger partial charge < -0.3 is 19.4 Å². The number of amides is 4. The van der Waals surface area contributed by atoms with Gasteiger partial charge in [-0.15, -0.1) is 0 Å². The van der Waals surface area contributed by atoms with Gasteiger partial charge in [-0.3, -0.25) is 19.7 Å². The normalized spacial score (nSPS) is 22.1. The van der Waals surface area contributed by atoms with E-state index in [-0.39, 0.29) is 35.7 Å². The summed E-state index contributed by atoms with van der Waals surface area (Å²) in [7, 11) is 0. The molecule has 3 fully saturated rings. The second-order valence-corrected chi connectivity index (χ2v) is 10.6. The lowest BCUT2D eigenvalue weighted by molar-refractivity contribution is -0.137. The summed E-state index contributed by atoms with van der Waals surface area (Å²) in [4.78, 5) is 54.8. The van der Waals surface area contributed by atoms with E-state index in [1.807, 2.05) is 49.9 Å². The summed E-state index contributed by atoms with van der Waals surface area (Å²) in [6.45, 7) is 9.49. The highest BCUT2D eigenvalue weighted by Gasteiger charge is 2.33. The number of rotatable bonds is 3. The molecule has 1 aromatic carbocycles. The zero-order valence-corrected chi connectivity index (χ0v) is 20.9. The minimum atomic E-state index is -0.519. The number of nitrogens with zero attached hydrogens (tertiary/aromatic N) is 3. The summed E-state index contributed by atoms with van der Waals surface area (Å²) in [6, 6.07) is 7.96. The molecule has 0 aromatic heterocycles. The van der Waals surface area contributed by atoms with Gasteiger partial charge in [-0.05, 0) is 57.7 Å². The minimum Gasteiger partial charge on any atom is -0.444 e. The molecule has 0 radical (unpaired) electrons. The van der Waals surface area contributed by atoms with Crippen LogP contribution < -0.4 is 10.2 Å². The molecular weight excluding hydrogens is 448 g/mol. The lowest BCUT2D eigenvalue weighted by atomic mass is 9.90. The lowest BCUT2D eigenvalue weighted by Crippen LogP contribution is -2.52. The Bertz CT molecular complexity index is 955. The first-order chi connectivity index (χ1) is 16.6. The van der Waals surface area contributed by atoms with Crippen molar-refractivity contribution >= 4 is 29.5 Å². The van der Waals surface area contributed by atoms with Crippen molar-refractivity contribution in [1.29, 1.82) is 0 Å². The molecule has 9 heteroatoms. The van der Waals surface area contributed by atoms with Crippen molar-refractivity contribution in [1.82, 2.24) is 15.1 Å². The van der Waals surface area contributed by atoms with E-state index in [1.165, 1.54) is 0 Å². The van der Waals surface area contributed by atoms with Gasteiger partial charge in [0.15, 0.2) is 0 Å². The van der Waals surface area contributed by atoms with Crippen LogP contribution in [-0.2, 0) is 19.1 Å². The molecule has 1 aromatic rings. The highest BCUT2D eigenvalue weighted by Crippen LogP contribution is 2.28. The van der Waals surface area contributed by atoms with Gasteiger partial charge in [0.2, 0.25) is 17.7 Å². The Morgan fingerprint density at radius 1 is 0.886 bits per heavy atom. The SMILES string of the molecule is CC(C)(C)OC(=O)N1CCC(C(=O)N2CCN(c3ccc(C4CCC(=O)NC4=O)cc3)CC2)CC1. The van der Waals surface area contributed by atoms with E-state index < -0.39 is 5.60 Å². The van der Waals surface area contributed by atoms with Crippen LogP contribution in [-0.4, -0.2) is 78.5 Å². The number of nitrogens with one attached hydrogen (secondary N) is 1. The topological polar surface area (TPSA) is 99.3 Å². The number of carbonyl (C=O) groups excluding carboxylic acids is 4. The molecule has 4 amide bonds. The van der Waals surface area contributed by atoms with E-state index >= 15 is 0 Å². The number of carbonyl (C=O) groups is 4. The fourth-order valence-electron chi connectivity index (χ4n) is 5.01. The molecule has 3 aliphatic rings. The summed E-state index contributed by atoms with van der Waals surface area (Å²) >= 11 is 0. The van der Waals surface area contributed by atoms with Crippen LogP contribution in [0.25, 0.3) is 0 Å². The summed E-state index contributed by atoms with van der Waals surface area (Å²) in [6.07, 6.45) is 1.94. The number of likely N-dealkylation sites (tertiary alicyclic amines) is 1. The van der Waals surface area contributed by atoms with E-state index in [0.717, 1.165) is 24.3 Å². The fourth-order valence-corrected chi connectivity index (χ4v) is 5.01. The van der Waals surface area contributed by atoms with E-state index in [9.17, 15) is 19.2 Å². The van der Waals surface area contributed by atoms with Gasteiger partial charge in [0.25, 0.3) is 0 Å². The van der Waals surface area contributed by atoms with E-state index in [1.54, 1.807) is 4.90 Å². The molecule has 35 heavy (non-hydrogen) atoms. The Morgan fingerprint density at radius 3 is 2.09 bits per heavy atom. The summed E-state index contributed by atoms with van der Waals surface area (Å²) in [5, 5.41) is 2.41. The number of benzene rings is 1. The number of piperidine rings is 2. The second-order valence-electron chi connectivity index (χ2n) is 10.6. The zero-order chi connectivity index (χ0) is 25.2. The second kappa shape index (κ2) is 10.3. The maximum absolute atomic E-state index is 13.1. The first-order valence-corrected chi connectivity index (χ1v) is 12.6. The zero-order valence-electron chi connectivity index (χ0n) is 20.9. The highest BCUT2D eigenvalue weighted by molar-refractivity contribution is 6.00. The average Bonchev–Trinajstić information content (AvgIpc) is 2.83. The molecule has 190 valence electrons.